The van der Waals surface area contributed by atoms with Crippen LogP contribution in [0.2, 0.25) is 5.02 Å². The summed E-state index contributed by atoms with van der Waals surface area (Å²) in [7, 11) is 0. The number of aromatic nitrogens is 2. The monoisotopic (exact) mass is 506 g/mol. The summed E-state index contributed by atoms with van der Waals surface area (Å²) in [6.07, 6.45) is 7.51. The summed E-state index contributed by atoms with van der Waals surface area (Å²) in [5.74, 6) is 1.30. The van der Waals surface area contributed by atoms with Crippen molar-refractivity contribution in [2.75, 3.05) is 29.9 Å². The summed E-state index contributed by atoms with van der Waals surface area (Å²) in [4.78, 5) is 39.8. The number of piperazine rings is 1. The number of rotatable bonds is 6. The van der Waals surface area contributed by atoms with Crippen molar-refractivity contribution >= 4 is 35.1 Å². The highest BCUT2D eigenvalue weighted by molar-refractivity contribution is 6.30. The lowest BCUT2D eigenvalue weighted by Gasteiger charge is -2.44. The summed E-state index contributed by atoms with van der Waals surface area (Å²) in [6.45, 7) is 6.24. The van der Waals surface area contributed by atoms with Gasteiger partial charge in [-0.05, 0) is 30.5 Å². The quantitative estimate of drug-likeness (QED) is 0.584. The Morgan fingerprint density at radius 2 is 1.81 bits per heavy atom. The fourth-order valence-electron chi connectivity index (χ4n) is 6.12. The number of fused-ring (bicyclic) bond motifs is 5. The van der Waals surface area contributed by atoms with Crippen LogP contribution in [0.3, 0.4) is 0 Å². The summed E-state index contributed by atoms with van der Waals surface area (Å²) < 4.78 is 0. The molecule has 1 aliphatic carbocycles. The van der Waals surface area contributed by atoms with Gasteiger partial charge < -0.3 is 20.4 Å². The number of nitrogens with one attached hydrogen (secondary N) is 2. The lowest BCUT2D eigenvalue weighted by molar-refractivity contribution is -0.136. The summed E-state index contributed by atoms with van der Waals surface area (Å²) in [6, 6.07) is 8.19. The number of allylic oxidation sites excluding steroid dienone is 1. The van der Waals surface area contributed by atoms with E-state index in [2.05, 4.69) is 50.3 Å². The Kier molecular flexibility index (Phi) is 5.96. The first-order valence-electron chi connectivity index (χ1n) is 12.8. The highest BCUT2D eigenvalue weighted by Crippen LogP contribution is 2.47. The number of carbonyl (C=O) groups excluding carboxylic acids is 2. The molecule has 2 saturated heterocycles. The molecule has 2 unspecified atom stereocenters. The van der Waals surface area contributed by atoms with E-state index in [1.807, 2.05) is 30.3 Å². The first kappa shape index (κ1) is 23.4. The lowest BCUT2D eigenvalue weighted by atomic mass is 9.74. The number of nitrogens with zero attached hydrogens (tertiary/aromatic N) is 4. The van der Waals surface area contributed by atoms with Gasteiger partial charge in [0.15, 0.2) is 0 Å². The van der Waals surface area contributed by atoms with Gasteiger partial charge in [-0.15, -0.1) is 0 Å². The van der Waals surface area contributed by atoms with Gasteiger partial charge in [-0.2, -0.15) is 0 Å². The van der Waals surface area contributed by atoms with Crippen molar-refractivity contribution in [2.45, 2.75) is 56.7 Å². The standard InChI is InChI=1S/C27H31ClN6O2/c1-15(2)29-11-22(16-3-5-17(28)6-4-16)27(36)34-18-7-8-19(34)13-33(12-18)25-23-20-9-10-21(20)26(35)32-24(23)30-14-31-25/h3-6,9-10,14-15,18-22,29H,7-8,11-13H2,1-2H3,(H,30,31,32,35)/t18?,19?,20-,21+,22-/m1/s1. The SMILES string of the molecule is CC(C)NC[C@@H](C(=O)N1C2CCC1CN(c1ncnc3c1[C@@H]1C=C[C@@H]1C(=O)N3)C2)c1ccc(Cl)cc1. The molecule has 1 aromatic heterocycles. The third-order valence-electron chi connectivity index (χ3n) is 7.99. The molecule has 2 N–H and O–H groups in total. The fraction of sp³-hybridized carbons (Fsp3) is 0.481. The molecule has 188 valence electrons. The third kappa shape index (κ3) is 3.96. The zero-order chi connectivity index (χ0) is 25.0. The first-order valence-corrected chi connectivity index (χ1v) is 13.2. The minimum Gasteiger partial charge on any atom is -0.352 e. The van der Waals surface area contributed by atoms with E-state index in [9.17, 15) is 9.59 Å². The number of hydrogen-bond donors (Lipinski definition) is 2. The van der Waals surface area contributed by atoms with Crippen LogP contribution >= 0.6 is 11.6 Å². The van der Waals surface area contributed by atoms with Gasteiger partial charge in [-0.3, -0.25) is 9.59 Å². The van der Waals surface area contributed by atoms with Crippen molar-refractivity contribution < 1.29 is 9.59 Å². The third-order valence-corrected chi connectivity index (χ3v) is 8.24. The minimum absolute atomic E-state index is 0.00150. The molecule has 4 heterocycles. The highest BCUT2D eigenvalue weighted by atomic mass is 35.5. The van der Waals surface area contributed by atoms with E-state index in [1.165, 1.54) is 6.33 Å². The molecule has 2 bridgehead atoms. The number of benzene rings is 1. The van der Waals surface area contributed by atoms with Crippen molar-refractivity contribution in [3.63, 3.8) is 0 Å². The topological polar surface area (TPSA) is 90.5 Å². The van der Waals surface area contributed by atoms with Crippen molar-refractivity contribution in [1.82, 2.24) is 20.2 Å². The molecule has 1 aromatic carbocycles. The van der Waals surface area contributed by atoms with Gasteiger partial charge in [0.1, 0.15) is 18.0 Å². The Labute approximate surface area is 216 Å². The van der Waals surface area contributed by atoms with Gasteiger partial charge in [0.05, 0.1) is 11.8 Å². The predicted molar refractivity (Wildman–Crippen MR) is 139 cm³/mol. The van der Waals surface area contributed by atoms with Crippen LogP contribution in [0.4, 0.5) is 11.6 Å². The molecule has 5 atom stereocenters. The summed E-state index contributed by atoms with van der Waals surface area (Å²) >= 11 is 6.13. The molecule has 0 saturated carbocycles. The Hall–Kier alpha value is -2.97. The zero-order valence-corrected chi connectivity index (χ0v) is 21.3. The Bertz CT molecular complexity index is 1200. The molecule has 4 aliphatic rings. The Morgan fingerprint density at radius 1 is 1.11 bits per heavy atom. The molecule has 0 spiro atoms. The molecule has 3 aliphatic heterocycles. The molecule has 36 heavy (non-hydrogen) atoms. The van der Waals surface area contributed by atoms with Crippen molar-refractivity contribution in [2.24, 2.45) is 5.92 Å². The van der Waals surface area contributed by atoms with Crippen LogP contribution in [-0.4, -0.2) is 64.4 Å². The van der Waals surface area contributed by atoms with Crippen LogP contribution in [0.1, 0.15) is 49.7 Å². The van der Waals surface area contributed by atoms with E-state index in [1.54, 1.807) is 0 Å². The summed E-state index contributed by atoms with van der Waals surface area (Å²) in [5, 5.41) is 7.08. The van der Waals surface area contributed by atoms with Gasteiger partial charge >= 0.3 is 0 Å². The number of carbonyl (C=O) groups is 2. The van der Waals surface area contributed by atoms with E-state index < -0.39 is 0 Å². The normalized spacial score (nSPS) is 26.8. The van der Waals surface area contributed by atoms with Crippen LogP contribution in [-0.2, 0) is 9.59 Å². The highest BCUT2D eigenvalue weighted by Gasteiger charge is 2.47. The van der Waals surface area contributed by atoms with E-state index in [4.69, 9.17) is 11.6 Å². The molecule has 8 nitrogen and oxygen atoms in total. The van der Waals surface area contributed by atoms with Gasteiger partial charge in [0.2, 0.25) is 11.8 Å². The summed E-state index contributed by atoms with van der Waals surface area (Å²) in [5.41, 5.74) is 1.99. The van der Waals surface area contributed by atoms with Crippen LogP contribution < -0.4 is 15.5 Å². The molecular weight excluding hydrogens is 476 g/mol. The average Bonchev–Trinajstić information content (AvgIpc) is 3.09. The zero-order valence-electron chi connectivity index (χ0n) is 20.5. The molecule has 0 radical (unpaired) electrons. The molecule has 2 fully saturated rings. The molecule has 6 rings (SSSR count). The van der Waals surface area contributed by atoms with Crippen molar-refractivity contribution in [3.8, 4) is 0 Å². The second-order valence-corrected chi connectivity index (χ2v) is 11.0. The van der Waals surface area contributed by atoms with Crippen molar-refractivity contribution in [1.29, 1.82) is 0 Å². The van der Waals surface area contributed by atoms with Gasteiger partial charge in [-0.25, -0.2) is 9.97 Å². The van der Waals surface area contributed by atoms with Gasteiger partial charge in [0, 0.05) is 54.3 Å². The van der Waals surface area contributed by atoms with Gasteiger partial charge in [-0.1, -0.05) is 49.7 Å². The number of anilines is 2. The Morgan fingerprint density at radius 3 is 2.44 bits per heavy atom. The minimum atomic E-state index is -0.262. The maximum Gasteiger partial charge on any atom is 0.233 e. The van der Waals surface area contributed by atoms with E-state index >= 15 is 0 Å². The number of amides is 2. The Balaban J connectivity index is 1.25. The second kappa shape index (κ2) is 9.16. The van der Waals surface area contributed by atoms with E-state index in [0.717, 1.165) is 42.9 Å². The maximum atomic E-state index is 14.0. The van der Waals surface area contributed by atoms with Crippen LogP contribution in [0.25, 0.3) is 0 Å². The van der Waals surface area contributed by atoms with Crippen LogP contribution in [0.15, 0.2) is 42.7 Å². The van der Waals surface area contributed by atoms with Crippen LogP contribution in [0, 0.1) is 5.92 Å². The van der Waals surface area contributed by atoms with E-state index in [0.29, 0.717) is 17.4 Å². The molecular formula is C27H31ClN6O2. The van der Waals surface area contributed by atoms with Gasteiger partial charge in [0.25, 0.3) is 0 Å². The number of hydrogen-bond acceptors (Lipinski definition) is 6. The second-order valence-electron chi connectivity index (χ2n) is 10.6. The molecule has 2 amide bonds. The molecule has 9 heteroatoms. The predicted octanol–water partition coefficient (Wildman–Crippen LogP) is 3.31. The van der Waals surface area contributed by atoms with Crippen molar-refractivity contribution in [3.05, 3.63) is 58.9 Å². The van der Waals surface area contributed by atoms with Crippen LogP contribution in [0.5, 0.6) is 0 Å². The fourth-order valence-corrected chi connectivity index (χ4v) is 6.24. The van der Waals surface area contributed by atoms with E-state index in [-0.39, 0.29) is 47.7 Å². The first-order chi connectivity index (χ1) is 17.4. The largest absolute Gasteiger partial charge is 0.352 e. The smallest absolute Gasteiger partial charge is 0.233 e. The lowest BCUT2D eigenvalue weighted by Crippen LogP contribution is -2.58. The average molecular weight is 507 g/mol. The maximum absolute atomic E-state index is 14.0. The molecule has 2 aromatic rings. The number of halogens is 1.